The first-order valence-corrected chi connectivity index (χ1v) is 5.24. The van der Waals surface area contributed by atoms with Crippen LogP contribution in [0.3, 0.4) is 0 Å². The maximum atomic E-state index is 5.90. The highest BCUT2D eigenvalue weighted by Gasteiger charge is 2.09. The predicted molar refractivity (Wildman–Crippen MR) is 62.3 cm³/mol. The minimum atomic E-state index is -0.226. The smallest absolute Gasteiger partial charge is 0.123 e. The SMILES string of the molecule is Cc1ccc(OCC(N)c2ccco2)cc1. The van der Waals surface area contributed by atoms with E-state index < -0.39 is 0 Å². The van der Waals surface area contributed by atoms with E-state index in [1.165, 1.54) is 5.56 Å². The second kappa shape index (κ2) is 4.86. The average molecular weight is 217 g/mol. The minimum absolute atomic E-state index is 0.226. The summed E-state index contributed by atoms with van der Waals surface area (Å²) >= 11 is 0. The van der Waals surface area contributed by atoms with Gasteiger partial charge in [0.05, 0.1) is 12.3 Å². The molecule has 2 aromatic rings. The molecule has 0 spiro atoms. The van der Waals surface area contributed by atoms with Crippen LogP contribution in [0.15, 0.2) is 47.1 Å². The Hall–Kier alpha value is -1.74. The van der Waals surface area contributed by atoms with Gasteiger partial charge < -0.3 is 14.9 Å². The van der Waals surface area contributed by atoms with Crippen molar-refractivity contribution in [3.8, 4) is 5.75 Å². The maximum Gasteiger partial charge on any atom is 0.123 e. The van der Waals surface area contributed by atoms with E-state index in [2.05, 4.69) is 0 Å². The Morgan fingerprint density at radius 3 is 2.62 bits per heavy atom. The van der Waals surface area contributed by atoms with E-state index in [-0.39, 0.29) is 6.04 Å². The average Bonchev–Trinajstić information content (AvgIpc) is 2.81. The standard InChI is InChI=1S/C13H15NO2/c1-10-4-6-11(7-5-10)16-9-12(14)13-3-2-8-15-13/h2-8,12H,9,14H2,1H3. The maximum absolute atomic E-state index is 5.90. The molecule has 2 rings (SSSR count). The Morgan fingerprint density at radius 2 is 2.00 bits per heavy atom. The van der Waals surface area contributed by atoms with Crippen LogP contribution in [0.4, 0.5) is 0 Å². The van der Waals surface area contributed by atoms with Crippen molar-refractivity contribution < 1.29 is 9.15 Å². The highest BCUT2D eigenvalue weighted by atomic mass is 16.5. The van der Waals surface area contributed by atoms with Crippen molar-refractivity contribution in [1.29, 1.82) is 0 Å². The van der Waals surface area contributed by atoms with Gasteiger partial charge in [0.1, 0.15) is 18.1 Å². The van der Waals surface area contributed by atoms with Crippen molar-refractivity contribution >= 4 is 0 Å². The topological polar surface area (TPSA) is 48.4 Å². The highest BCUT2D eigenvalue weighted by Crippen LogP contribution is 2.15. The Balaban J connectivity index is 1.90. The second-order valence-electron chi connectivity index (χ2n) is 3.75. The first-order chi connectivity index (χ1) is 7.75. The molecule has 0 aliphatic rings. The number of nitrogens with two attached hydrogens (primary N) is 1. The zero-order valence-electron chi connectivity index (χ0n) is 9.22. The van der Waals surface area contributed by atoms with Crippen LogP contribution in [0.25, 0.3) is 0 Å². The summed E-state index contributed by atoms with van der Waals surface area (Å²) in [5, 5.41) is 0. The van der Waals surface area contributed by atoms with Gasteiger partial charge in [-0.1, -0.05) is 17.7 Å². The number of benzene rings is 1. The fourth-order valence-corrected chi connectivity index (χ4v) is 1.40. The zero-order chi connectivity index (χ0) is 11.4. The molecule has 84 valence electrons. The Morgan fingerprint density at radius 1 is 1.25 bits per heavy atom. The largest absolute Gasteiger partial charge is 0.491 e. The van der Waals surface area contributed by atoms with Gasteiger partial charge in [-0.2, -0.15) is 0 Å². The fraction of sp³-hybridized carbons (Fsp3) is 0.231. The van der Waals surface area contributed by atoms with Crippen LogP contribution in [-0.2, 0) is 0 Å². The van der Waals surface area contributed by atoms with E-state index in [0.29, 0.717) is 6.61 Å². The number of ether oxygens (including phenoxy) is 1. The molecular weight excluding hydrogens is 202 g/mol. The van der Waals surface area contributed by atoms with Gasteiger partial charge in [0.2, 0.25) is 0 Å². The molecule has 1 heterocycles. The summed E-state index contributed by atoms with van der Waals surface area (Å²) in [7, 11) is 0. The molecule has 0 saturated heterocycles. The van der Waals surface area contributed by atoms with Crippen LogP contribution in [0.1, 0.15) is 17.4 Å². The number of furan rings is 1. The zero-order valence-corrected chi connectivity index (χ0v) is 9.22. The van der Waals surface area contributed by atoms with E-state index >= 15 is 0 Å². The van der Waals surface area contributed by atoms with E-state index in [9.17, 15) is 0 Å². The minimum Gasteiger partial charge on any atom is -0.491 e. The third-order valence-corrected chi connectivity index (χ3v) is 2.36. The summed E-state index contributed by atoms with van der Waals surface area (Å²) in [5.41, 5.74) is 7.11. The lowest BCUT2D eigenvalue weighted by Crippen LogP contribution is -2.18. The lowest BCUT2D eigenvalue weighted by atomic mass is 10.2. The second-order valence-corrected chi connectivity index (χ2v) is 3.75. The quantitative estimate of drug-likeness (QED) is 0.856. The van der Waals surface area contributed by atoms with Gasteiger partial charge in [0.25, 0.3) is 0 Å². The van der Waals surface area contributed by atoms with Crippen LogP contribution in [0.2, 0.25) is 0 Å². The molecule has 1 atom stereocenters. The summed E-state index contributed by atoms with van der Waals surface area (Å²) in [5.74, 6) is 1.57. The van der Waals surface area contributed by atoms with E-state index in [1.54, 1.807) is 6.26 Å². The molecule has 0 amide bonds. The van der Waals surface area contributed by atoms with Crippen LogP contribution < -0.4 is 10.5 Å². The third-order valence-electron chi connectivity index (χ3n) is 2.36. The molecule has 1 aromatic carbocycles. The number of hydrogen-bond acceptors (Lipinski definition) is 3. The first kappa shape index (κ1) is 10.8. The molecule has 0 aliphatic carbocycles. The predicted octanol–water partition coefficient (Wildman–Crippen LogP) is 2.67. The third kappa shape index (κ3) is 2.64. The van der Waals surface area contributed by atoms with Crippen molar-refractivity contribution in [2.45, 2.75) is 13.0 Å². The van der Waals surface area contributed by atoms with Crippen molar-refractivity contribution in [1.82, 2.24) is 0 Å². The van der Waals surface area contributed by atoms with E-state index in [0.717, 1.165) is 11.5 Å². The van der Waals surface area contributed by atoms with E-state index in [4.69, 9.17) is 14.9 Å². The molecule has 1 aromatic heterocycles. The van der Waals surface area contributed by atoms with E-state index in [1.807, 2.05) is 43.3 Å². The monoisotopic (exact) mass is 217 g/mol. The van der Waals surface area contributed by atoms with Crippen LogP contribution in [0, 0.1) is 6.92 Å². The Kier molecular flexibility index (Phi) is 3.27. The Bertz CT molecular complexity index is 420. The summed E-state index contributed by atoms with van der Waals surface area (Å²) < 4.78 is 10.8. The molecule has 0 bridgehead atoms. The number of aryl methyl sites for hydroxylation is 1. The fourth-order valence-electron chi connectivity index (χ4n) is 1.40. The molecule has 0 fully saturated rings. The van der Waals surface area contributed by atoms with Crippen LogP contribution in [0.5, 0.6) is 5.75 Å². The lowest BCUT2D eigenvalue weighted by Gasteiger charge is -2.11. The normalized spacial score (nSPS) is 12.4. The van der Waals surface area contributed by atoms with Gasteiger partial charge >= 0.3 is 0 Å². The van der Waals surface area contributed by atoms with Gasteiger partial charge in [-0.25, -0.2) is 0 Å². The first-order valence-electron chi connectivity index (χ1n) is 5.24. The van der Waals surface area contributed by atoms with Gasteiger partial charge in [-0.05, 0) is 31.2 Å². The van der Waals surface area contributed by atoms with Crippen LogP contribution >= 0.6 is 0 Å². The molecule has 0 radical (unpaired) electrons. The van der Waals surface area contributed by atoms with Crippen molar-refractivity contribution in [3.63, 3.8) is 0 Å². The number of hydrogen-bond donors (Lipinski definition) is 1. The molecule has 2 N–H and O–H groups in total. The summed E-state index contributed by atoms with van der Waals surface area (Å²) in [6, 6.07) is 11.3. The van der Waals surface area contributed by atoms with Crippen LogP contribution in [-0.4, -0.2) is 6.61 Å². The lowest BCUT2D eigenvalue weighted by molar-refractivity contribution is 0.273. The molecule has 1 unspecified atom stereocenters. The summed E-state index contributed by atoms with van der Waals surface area (Å²) in [6.45, 7) is 2.45. The molecular formula is C13H15NO2. The summed E-state index contributed by atoms with van der Waals surface area (Å²) in [4.78, 5) is 0. The van der Waals surface area contributed by atoms with Gasteiger partial charge in [0.15, 0.2) is 0 Å². The van der Waals surface area contributed by atoms with Gasteiger partial charge in [-0.15, -0.1) is 0 Å². The van der Waals surface area contributed by atoms with Gasteiger partial charge in [0, 0.05) is 0 Å². The highest BCUT2D eigenvalue weighted by molar-refractivity contribution is 5.26. The molecule has 3 nitrogen and oxygen atoms in total. The number of rotatable bonds is 4. The van der Waals surface area contributed by atoms with Crippen molar-refractivity contribution in [2.75, 3.05) is 6.61 Å². The molecule has 0 saturated carbocycles. The van der Waals surface area contributed by atoms with Crippen molar-refractivity contribution in [2.24, 2.45) is 5.73 Å². The summed E-state index contributed by atoms with van der Waals surface area (Å²) in [6.07, 6.45) is 1.61. The molecule has 0 aliphatic heterocycles. The molecule has 16 heavy (non-hydrogen) atoms. The van der Waals surface area contributed by atoms with Crippen molar-refractivity contribution in [3.05, 3.63) is 54.0 Å². The molecule has 3 heteroatoms. The van der Waals surface area contributed by atoms with Gasteiger partial charge in [-0.3, -0.25) is 0 Å². The Labute approximate surface area is 94.8 Å².